The number of rotatable bonds is 4. The minimum Gasteiger partial charge on any atom is -0.300 e. The fraction of sp³-hybridized carbons (Fsp3) is 0.909. The Labute approximate surface area is 75.5 Å². The van der Waals surface area contributed by atoms with E-state index in [4.69, 9.17) is 0 Å². The quantitative estimate of drug-likeness (QED) is 0.630. The first-order valence-electron chi connectivity index (χ1n) is 5.24. The van der Waals surface area contributed by atoms with Crippen molar-refractivity contribution in [2.45, 2.75) is 52.4 Å². The lowest BCUT2D eigenvalue weighted by atomic mass is 9.89. The summed E-state index contributed by atoms with van der Waals surface area (Å²) >= 11 is 0. The van der Waals surface area contributed by atoms with E-state index in [0.717, 1.165) is 18.8 Å². The molecule has 0 aromatic rings. The van der Waals surface area contributed by atoms with E-state index in [-0.39, 0.29) is 0 Å². The van der Waals surface area contributed by atoms with Crippen molar-refractivity contribution < 1.29 is 4.79 Å². The Balaban J connectivity index is 2.30. The monoisotopic (exact) mass is 168 g/mol. The number of carbonyl (C=O) groups is 1. The minimum atomic E-state index is 0.355. The first-order chi connectivity index (χ1) is 5.74. The second-order valence-electron chi connectivity index (χ2n) is 4.10. The molecule has 0 aromatic heterocycles. The molecule has 70 valence electrons. The highest BCUT2D eigenvalue weighted by Crippen LogP contribution is 2.31. The number of carbonyl (C=O) groups excluding carboxylic acids is 1. The predicted molar refractivity (Wildman–Crippen MR) is 51.0 cm³/mol. The maximum Gasteiger partial charge on any atom is 0.132 e. The summed E-state index contributed by atoms with van der Waals surface area (Å²) < 4.78 is 0. The van der Waals surface area contributed by atoms with Crippen molar-refractivity contribution in [1.82, 2.24) is 0 Å². The van der Waals surface area contributed by atoms with Gasteiger partial charge in [-0.3, -0.25) is 4.79 Å². The summed E-state index contributed by atoms with van der Waals surface area (Å²) in [6, 6.07) is 0. The number of ketones is 1. The van der Waals surface area contributed by atoms with Gasteiger partial charge in [-0.1, -0.05) is 32.6 Å². The summed E-state index contributed by atoms with van der Waals surface area (Å²) in [6.45, 7) is 3.87. The van der Waals surface area contributed by atoms with Gasteiger partial charge in [0.25, 0.3) is 0 Å². The van der Waals surface area contributed by atoms with E-state index < -0.39 is 0 Å². The van der Waals surface area contributed by atoms with Gasteiger partial charge in [0.2, 0.25) is 0 Å². The Hall–Kier alpha value is -0.330. The van der Waals surface area contributed by atoms with E-state index in [1.54, 1.807) is 6.92 Å². The molecule has 1 rings (SSSR count). The molecule has 0 aliphatic heterocycles. The minimum absolute atomic E-state index is 0.355. The highest BCUT2D eigenvalue weighted by Gasteiger charge is 2.21. The molecule has 1 saturated carbocycles. The third-order valence-electron chi connectivity index (χ3n) is 3.16. The molecule has 0 bridgehead atoms. The molecule has 1 nitrogen and oxygen atoms in total. The van der Waals surface area contributed by atoms with Gasteiger partial charge < -0.3 is 0 Å². The normalized spacial score (nSPS) is 21.2. The van der Waals surface area contributed by atoms with Gasteiger partial charge in [0.1, 0.15) is 5.78 Å². The summed E-state index contributed by atoms with van der Waals surface area (Å²) in [4.78, 5) is 11.2. The number of hydrogen-bond donors (Lipinski definition) is 0. The van der Waals surface area contributed by atoms with Crippen molar-refractivity contribution in [3.05, 3.63) is 0 Å². The van der Waals surface area contributed by atoms with E-state index >= 15 is 0 Å². The lowest BCUT2D eigenvalue weighted by Crippen LogP contribution is -2.13. The molecular formula is C11H20O. The lowest BCUT2D eigenvalue weighted by molar-refractivity contribution is -0.121. The molecule has 1 aliphatic rings. The third-order valence-corrected chi connectivity index (χ3v) is 3.16. The SMILES string of the molecule is CC[C@H](CC1CCCC1)C(C)=O. The average Bonchev–Trinajstić information content (AvgIpc) is 2.51. The fourth-order valence-electron chi connectivity index (χ4n) is 2.27. The molecule has 0 amide bonds. The summed E-state index contributed by atoms with van der Waals surface area (Å²) in [6.07, 6.45) is 7.70. The van der Waals surface area contributed by atoms with Crippen LogP contribution < -0.4 is 0 Å². The second-order valence-corrected chi connectivity index (χ2v) is 4.10. The van der Waals surface area contributed by atoms with Crippen LogP contribution in [0.5, 0.6) is 0 Å². The molecule has 0 unspecified atom stereocenters. The van der Waals surface area contributed by atoms with Crippen LogP contribution in [0.15, 0.2) is 0 Å². The smallest absolute Gasteiger partial charge is 0.132 e. The van der Waals surface area contributed by atoms with E-state index in [1.165, 1.54) is 25.7 Å². The molecule has 0 saturated heterocycles. The predicted octanol–water partition coefficient (Wildman–Crippen LogP) is 3.18. The van der Waals surface area contributed by atoms with Crippen LogP contribution in [0.4, 0.5) is 0 Å². The zero-order valence-corrected chi connectivity index (χ0v) is 8.31. The first kappa shape index (κ1) is 9.76. The average molecular weight is 168 g/mol. The Bertz CT molecular complexity index is 145. The highest BCUT2D eigenvalue weighted by molar-refractivity contribution is 5.78. The highest BCUT2D eigenvalue weighted by atomic mass is 16.1. The van der Waals surface area contributed by atoms with Crippen LogP contribution in [0.2, 0.25) is 0 Å². The van der Waals surface area contributed by atoms with Crippen molar-refractivity contribution in [3.8, 4) is 0 Å². The van der Waals surface area contributed by atoms with Crippen LogP contribution in [-0.2, 0) is 4.79 Å². The molecule has 0 N–H and O–H groups in total. The Morgan fingerprint density at radius 1 is 1.42 bits per heavy atom. The summed E-state index contributed by atoms with van der Waals surface area (Å²) in [5.41, 5.74) is 0. The van der Waals surface area contributed by atoms with Crippen molar-refractivity contribution in [2.75, 3.05) is 0 Å². The second kappa shape index (κ2) is 4.64. The van der Waals surface area contributed by atoms with Crippen LogP contribution in [0, 0.1) is 11.8 Å². The topological polar surface area (TPSA) is 17.1 Å². The molecule has 0 aromatic carbocycles. The zero-order chi connectivity index (χ0) is 8.97. The zero-order valence-electron chi connectivity index (χ0n) is 8.31. The maximum atomic E-state index is 11.2. The Morgan fingerprint density at radius 2 is 2.00 bits per heavy atom. The number of hydrogen-bond acceptors (Lipinski definition) is 1. The molecule has 12 heavy (non-hydrogen) atoms. The van der Waals surface area contributed by atoms with E-state index in [2.05, 4.69) is 6.92 Å². The van der Waals surface area contributed by atoms with E-state index in [1.807, 2.05) is 0 Å². The van der Waals surface area contributed by atoms with Gasteiger partial charge in [0.05, 0.1) is 0 Å². The van der Waals surface area contributed by atoms with Gasteiger partial charge in [0, 0.05) is 5.92 Å². The fourth-order valence-corrected chi connectivity index (χ4v) is 2.27. The van der Waals surface area contributed by atoms with Gasteiger partial charge >= 0.3 is 0 Å². The van der Waals surface area contributed by atoms with Crippen LogP contribution in [0.1, 0.15) is 52.4 Å². The van der Waals surface area contributed by atoms with Crippen LogP contribution in [-0.4, -0.2) is 5.78 Å². The molecule has 1 aliphatic carbocycles. The van der Waals surface area contributed by atoms with Crippen molar-refractivity contribution >= 4 is 5.78 Å². The Morgan fingerprint density at radius 3 is 2.42 bits per heavy atom. The third kappa shape index (κ3) is 2.62. The van der Waals surface area contributed by atoms with Crippen molar-refractivity contribution in [1.29, 1.82) is 0 Å². The van der Waals surface area contributed by atoms with Crippen LogP contribution >= 0.6 is 0 Å². The molecule has 1 fully saturated rings. The lowest BCUT2D eigenvalue weighted by Gasteiger charge is -2.15. The van der Waals surface area contributed by atoms with Gasteiger partial charge in [0.15, 0.2) is 0 Å². The molecule has 0 heterocycles. The van der Waals surface area contributed by atoms with Gasteiger partial charge in [-0.2, -0.15) is 0 Å². The van der Waals surface area contributed by atoms with E-state index in [9.17, 15) is 4.79 Å². The van der Waals surface area contributed by atoms with Gasteiger partial charge in [-0.05, 0) is 25.7 Å². The molecular weight excluding hydrogens is 148 g/mol. The standard InChI is InChI=1S/C11H20O/c1-3-11(9(2)12)8-10-6-4-5-7-10/h10-11H,3-8H2,1-2H3/t11-/m1/s1. The van der Waals surface area contributed by atoms with Crippen LogP contribution in [0.25, 0.3) is 0 Å². The summed E-state index contributed by atoms with van der Waals surface area (Å²) in [5, 5.41) is 0. The largest absolute Gasteiger partial charge is 0.300 e. The van der Waals surface area contributed by atoms with Crippen molar-refractivity contribution in [2.24, 2.45) is 11.8 Å². The van der Waals surface area contributed by atoms with E-state index in [0.29, 0.717) is 11.7 Å². The molecule has 1 heteroatoms. The first-order valence-corrected chi connectivity index (χ1v) is 5.24. The number of Topliss-reactive ketones (excluding diaryl/α,β-unsaturated/α-hetero) is 1. The summed E-state index contributed by atoms with van der Waals surface area (Å²) in [7, 11) is 0. The maximum absolute atomic E-state index is 11.2. The molecule has 0 radical (unpaired) electrons. The molecule has 0 spiro atoms. The Kier molecular flexibility index (Phi) is 3.77. The van der Waals surface area contributed by atoms with Gasteiger partial charge in [-0.15, -0.1) is 0 Å². The molecule has 1 atom stereocenters. The van der Waals surface area contributed by atoms with Crippen LogP contribution in [0.3, 0.4) is 0 Å². The summed E-state index contributed by atoms with van der Waals surface area (Å²) in [5.74, 6) is 1.61. The van der Waals surface area contributed by atoms with Crippen molar-refractivity contribution in [3.63, 3.8) is 0 Å². The van der Waals surface area contributed by atoms with Gasteiger partial charge in [-0.25, -0.2) is 0 Å².